The standard InChI is InChI=1S/C19H17N3O3S/c23-26(24)13-5-12-22-11-4-8-17(19(22)21-26)18-10-9-16(14-20-18)25-15-6-2-1-3-7-15/h1-4,6-11,14H,5,12-13H2. The van der Waals surface area contributed by atoms with Crippen LogP contribution in [0.4, 0.5) is 0 Å². The highest BCUT2D eigenvalue weighted by Gasteiger charge is 2.25. The molecule has 0 aliphatic carbocycles. The lowest BCUT2D eigenvalue weighted by atomic mass is 10.1. The molecule has 7 heteroatoms. The fourth-order valence-electron chi connectivity index (χ4n) is 2.84. The molecule has 0 bridgehead atoms. The Kier molecular flexibility index (Phi) is 4.30. The minimum Gasteiger partial charge on any atom is -0.456 e. The van der Waals surface area contributed by atoms with Crippen molar-refractivity contribution >= 4 is 21.4 Å². The summed E-state index contributed by atoms with van der Waals surface area (Å²) in [6.45, 7) is 0.612. The average Bonchev–Trinajstić information content (AvgIpc) is 2.80. The SMILES string of the molecule is O=S1(=O)CCCN2C=CC=C(c3ccc(Oc4ccccc4)cn3)C2=N1. The van der Waals surface area contributed by atoms with Crippen LogP contribution in [0, 0.1) is 0 Å². The Morgan fingerprint density at radius 2 is 1.88 bits per heavy atom. The van der Waals surface area contributed by atoms with Gasteiger partial charge in [-0.25, -0.2) is 8.42 Å². The Morgan fingerprint density at radius 1 is 1.04 bits per heavy atom. The molecule has 26 heavy (non-hydrogen) atoms. The molecule has 0 amide bonds. The summed E-state index contributed by atoms with van der Waals surface area (Å²) in [7, 11) is -3.46. The zero-order chi connectivity index (χ0) is 18.0. The van der Waals surface area contributed by atoms with Crippen LogP contribution in [-0.2, 0) is 10.0 Å². The maximum absolute atomic E-state index is 12.1. The van der Waals surface area contributed by atoms with E-state index < -0.39 is 10.0 Å². The van der Waals surface area contributed by atoms with Crippen LogP contribution in [-0.4, -0.2) is 36.4 Å². The van der Waals surface area contributed by atoms with Gasteiger partial charge in [0.25, 0.3) is 10.0 Å². The van der Waals surface area contributed by atoms with Crippen LogP contribution in [0.15, 0.2) is 71.4 Å². The van der Waals surface area contributed by atoms with Gasteiger partial charge in [0.05, 0.1) is 17.6 Å². The van der Waals surface area contributed by atoms with Crippen LogP contribution in [0.5, 0.6) is 11.5 Å². The smallest absolute Gasteiger partial charge is 0.255 e. The summed E-state index contributed by atoms with van der Waals surface area (Å²) in [6.07, 6.45) is 7.72. The molecule has 0 N–H and O–H groups in total. The lowest BCUT2D eigenvalue weighted by molar-refractivity contribution is 0.480. The highest BCUT2D eigenvalue weighted by atomic mass is 32.2. The number of hydrogen-bond donors (Lipinski definition) is 0. The van der Waals surface area contributed by atoms with Crippen LogP contribution in [0.2, 0.25) is 0 Å². The van der Waals surface area contributed by atoms with Crippen molar-refractivity contribution in [2.75, 3.05) is 12.3 Å². The van der Waals surface area contributed by atoms with Crippen molar-refractivity contribution in [3.8, 4) is 11.5 Å². The van der Waals surface area contributed by atoms with Crippen LogP contribution >= 0.6 is 0 Å². The third kappa shape index (κ3) is 3.52. The maximum atomic E-state index is 12.1. The van der Waals surface area contributed by atoms with Crippen molar-refractivity contribution in [1.82, 2.24) is 9.88 Å². The Morgan fingerprint density at radius 3 is 2.65 bits per heavy atom. The summed E-state index contributed by atoms with van der Waals surface area (Å²) in [6, 6.07) is 13.1. The minimum absolute atomic E-state index is 0.0609. The Labute approximate surface area is 152 Å². The molecule has 1 aromatic carbocycles. The van der Waals surface area contributed by atoms with E-state index >= 15 is 0 Å². The number of nitrogens with zero attached hydrogens (tertiary/aromatic N) is 3. The minimum atomic E-state index is -3.46. The number of amidine groups is 1. The van der Waals surface area contributed by atoms with Gasteiger partial charge in [-0.1, -0.05) is 18.2 Å². The van der Waals surface area contributed by atoms with E-state index in [2.05, 4.69) is 9.38 Å². The molecule has 2 aromatic rings. The molecule has 2 aliphatic heterocycles. The van der Waals surface area contributed by atoms with Crippen molar-refractivity contribution < 1.29 is 13.2 Å². The summed E-state index contributed by atoms with van der Waals surface area (Å²) in [5.41, 5.74) is 1.33. The number of rotatable bonds is 3. The molecular formula is C19H17N3O3S. The molecule has 2 aliphatic rings. The fourth-order valence-corrected chi connectivity index (χ4v) is 3.90. The second-order valence-electron chi connectivity index (χ2n) is 5.96. The highest BCUT2D eigenvalue weighted by molar-refractivity contribution is 7.90. The van der Waals surface area contributed by atoms with Crippen molar-refractivity contribution in [3.63, 3.8) is 0 Å². The quantitative estimate of drug-likeness (QED) is 0.833. The molecule has 0 radical (unpaired) electrons. The normalized spacial score (nSPS) is 18.4. The lowest BCUT2D eigenvalue weighted by Crippen LogP contribution is -2.29. The van der Waals surface area contributed by atoms with Crippen LogP contribution in [0.25, 0.3) is 5.57 Å². The number of fused-ring (bicyclic) bond motifs is 1. The number of benzene rings is 1. The number of sulfonamides is 1. The largest absolute Gasteiger partial charge is 0.456 e. The third-order valence-corrected chi connectivity index (χ3v) is 5.32. The van der Waals surface area contributed by atoms with Gasteiger partial charge in [0.2, 0.25) is 0 Å². The van der Waals surface area contributed by atoms with Crippen LogP contribution < -0.4 is 4.74 Å². The van der Waals surface area contributed by atoms with Gasteiger partial charge in [-0.3, -0.25) is 4.98 Å². The van der Waals surface area contributed by atoms with Gasteiger partial charge < -0.3 is 9.64 Å². The van der Waals surface area contributed by atoms with Gasteiger partial charge in [-0.15, -0.1) is 4.40 Å². The Bertz CT molecular complexity index is 994. The molecule has 0 saturated carbocycles. The van der Waals surface area contributed by atoms with Crippen molar-refractivity contribution in [2.24, 2.45) is 4.40 Å². The van der Waals surface area contributed by atoms with Crippen molar-refractivity contribution in [1.29, 1.82) is 0 Å². The van der Waals surface area contributed by atoms with E-state index in [0.717, 1.165) is 5.75 Å². The Balaban J connectivity index is 1.63. The topological polar surface area (TPSA) is 71.9 Å². The predicted octanol–water partition coefficient (Wildman–Crippen LogP) is 3.22. The number of pyridine rings is 1. The van der Waals surface area contributed by atoms with Crippen LogP contribution in [0.3, 0.4) is 0 Å². The zero-order valence-electron chi connectivity index (χ0n) is 13.9. The first-order chi connectivity index (χ1) is 12.6. The molecule has 0 atom stereocenters. The first-order valence-electron chi connectivity index (χ1n) is 8.28. The average molecular weight is 367 g/mol. The first kappa shape index (κ1) is 16.5. The summed E-state index contributed by atoms with van der Waals surface area (Å²) in [5, 5.41) is 0. The molecule has 4 rings (SSSR count). The summed E-state index contributed by atoms with van der Waals surface area (Å²) >= 11 is 0. The van der Waals surface area contributed by atoms with E-state index in [4.69, 9.17) is 4.74 Å². The number of hydrogen-bond acceptors (Lipinski definition) is 5. The molecule has 0 unspecified atom stereocenters. The highest BCUT2D eigenvalue weighted by Crippen LogP contribution is 2.26. The second-order valence-corrected chi connectivity index (χ2v) is 7.72. The summed E-state index contributed by atoms with van der Waals surface area (Å²) < 4.78 is 33.9. The molecule has 6 nitrogen and oxygen atoms in total. The second kappa shape index (κ2) is 6.76. The Hall–Kier alpha value is -2.93. The molecular weight excluding hydrogens is 350 g/mol. The van der Waals surface area contributed by atoms with E-state index in [1.165, 1.54) is 0 Å². The number of aromatic nitrogens is 1. The van der Waals surface area contributed by atoms with E-state index in [0.29, 0.717) is 35.8 Å². The number of para-hydroxylation sites is 1. The van der Waals surface area contributed by atoms with Gasteiger partial charge in [0, 0.05) is 18.3 Å². The fraction of sp³-hybridized carbons (Fsp3) is 0.158. The van der Waals surface area contributed by atoms with Gasteiger partial charge in [0.1, 0.15) is 11.5 Å². The summed E-state index contributed by atoms with van der Waals surface area (Å²) in [5.74, 6) is 1.83. The molecule has 0 saturated heterocycles. The molecule has 3 heterocycles. The van der Waals surface area contributed by atoms with E-state index in [9.17, 15) is 8.42 Å². The van der Waals surface area contributed by atoms with Gasteiger partial charge in [0.15, 0.2) is 5.84 Å². The summed E-state index contributed by atoms with van der Waals surface area (Å²) in [4.78, 5) is 6.30. The third-order valence-electron chi connectivity index (χ3n) is 4.06. The molecule has 0 spiro atoms. The van der Waals surface area contributed by atoms with Crippen molar-refractivity contribution in [3.05, 3.63) is 72.7 Å². The molecule has 1 aromatic heterocycles. The van der Waals surface area contributed by atoms with Gasteiger partial charge in [-0.05, 0) is 42.8 Å². The van der Waals surface area contributed by atoms with Crippen molar-refractivity contribution in [2.45, 2.75) is 6.42 Å². The van der Waals surface area contributed by atoms with Crippen LogP contribution in [0.1, 0.15) is 12.1 Å². The van der Waals surface area contributed by atoms with Gasteiger partial charge in [-0.2, -0.15) is 0 Å². The maximum Gasteiger partial charge on any atom is 0.255 e. The van der Waals surface area contributed by atoms with E-state index in [-0.39, 0.29) is 5.75 Å². The number of allylic oxidation sites excluding steroid dienone is 2. The first-order valence-corrected chi connectivity index (χ1v) is 9.89. The molecule has 132 valence electrons. The monoisotopic (exact) mass is 367 g/mol. The van der Waals surface area contributed by atoms with E-state index in [1.807, 2.05) is 65.7 Å². The predicted molar refractivity (Wildman–Crippen MR) is 100 cm³/mol. The zero-order valence-corrected chi connectivity index (χ0v) is 14.8. The molecule has 0 fully saturated rings. The van der Waals surface area contributed by atoms with Gasteiger partial charge >= 0.3 is 0 Å². The lowest BCUT2D eigenvalue weighted by Gasteiger charge is -2.24. The van der Waals surface area contributed by atoms with E-state index in [1.54, 1.807) is 6.20 Å². The number of ether oxygens (including phenoxy) is 1.